The van der Waals surface area contributed by atoms with Gasteiger partial charge in [0.2, 0.25) is 6.29 Å². The monoisotopic (exact) mass is 323 g/mol. The van der Waals surface area contributed by atoms with Crippen LogP contribution in [0.1, 0.15) is 37.7 Å². The van der Waals surface area contributed by atoms with Gasteiger partial charge in [-0.3, -0.25) is 4.79 Å². The van der Waals surface area contributed by atoms with Crippen molar-refractivity contribution >= 4 is 23.1 Å². The van der Waals surface area contributed by atoms with Crippen molar-refractivity contribution in [1.82, 2.24) is 10.6 Å². The smallest absolute Gasteiger partial charge is 0.315 e. The van der Waals surface area contributed by atoms with E-state index in [4.69, 9.17) is 0 Å². The lowest BCUT2D eigenvalue weighted by molar-refractivity contribution is 0.231. The lowest BCUT2D eigenvalue weighted by Gasteiger charge is -2.23. The first-order valence-corrected chi connectivity index (χ1v) is 8.67. The minimum atomic E-state index is -0.630. The molecule has 0 aliphatic heterocycles. The predicted molar refractivity (Wildman–Crippen MR) is 95.7 cm³/mol. The molecule has 0 aromatic heterocycles. The number of carbonyl (C=O) groups excluding carboxylic acids is 2. The fourth-order valence-electron chi connectivity index (χ4n) is 3.36. The van der Waals surface area contributed by atoms with Gasteiger partial charge in [0, 0.05) is 12.5 Å². The molecular formula is C20H23N2O2. The quantitative estimate of drug-likeness (QED) is 0.885. The normalized spacial score (nSPS) is 16.5. The maximum absolute atomic E-state index is 12.1. The topological polar surface area (TPSA) is 58.2 Å². The van der Waals surface area contributed by atoms with Crippen LogP contribution in [0.25, 0.3) is 10.8 Å². The van der Waals surface area contributed by atoms with E-state index in [9.17, 15) is 9.59 Å². The van der Waals surface area contributed by atoms with Crippen LogP contribution in [0.4, 0.5) is 4.79 Å². The van der Waals surface area contributed by atoms with Crippen LogP contribution in [0.15, 0.2) is 42.5 Å². The van der Waals surface area contributed by atoms with Gasteiger partial charge in [-0.25, -0.2) is 4.79 Å². The highest BCUT2D eigenvalue weighted by Crippen LogP contribution is 2.18. The second-order valence-electron chi connectivity index (χ2n) is 6.51. The molecule has 3 rings (SSSR count). The predicted octanol–water partition coefficient (Wildman–Crippen LogP) is 3.49. The lowest BCUT2D eigenvalue weighted by atomic mass is 9.96. The summed E-state index contributed by atoms with van der Waals surface area (Å²) in [6.07, 6.45) is 8.00. The van der Waals surface area contributed by atoms with E-state index in [0.29, 0.717) is 6.42 Å². The minimum absolute atomic E-state index is 0.228. The molecule has 2 aromatic carbocycles. The SMILES string of the molecule is O=[C][C@H](Cc1ccc2ccccc2c1)NC(=O)NC1CCCCC1. The third-order valence-electron chi connectivity index (χ3n) is 4.64. The molecule has 125 valence electrons. The highest BCUT2D eigenvalue weighted by Gasteiger charge is 2.18. The van der Waals surface area contributed by atoms with Gasteiger partial charge in [0.1, 0.15) is 6.04 Å². The number of rotatable bonds is 5. The van der Waals surface area contributed by atoms with Crippen LogP contribution >= 0.6 is 0 Å². The number of nitrogens with one attached hydrogen (secondary N) is 2. The first kappa shape index (κ1) is 16.5. The molecule has 1 fully saturated rings. The van der Waals surface area contributed by atoms with Crippen molar-refractivity contribution < 1.29 is 9.59 Å². The van der Waals surface area contributed by atoms with E-state index in [1.807, 2.05) is 36.6 Å². The van der Waals surface area contributed by atoms with Gasteiger partial charge in [-0.15, -0.1) is 0 Å². The van der Waals surface area contributed by atoms with Crippen LogP contribution in [0.5, 0.6) is 0 Å². The molecule has 1 aliphatic carbocycles. The van der Waals surface area contributed by atoms with Crippen LogP contribution in [-0.2, 0) is 11.2 Å². The number of carbonyl (C=O) groups is 1. The molecule has 0 bridgehead atoms. The first-order chi connectivity index (χ1) is 11.7. The van der Waals surface area contributed by atoms with Gasteiger partial charge in [-0.1, -0.05) is 61.7 Å². The van der Waals surface area contributed by atoms with E-state index in [0.717, 1.165) is 42.0 Å². The molecule has 2 aromatic rings. The number of hydrogen-bond donors (Lipinski definition) is 2. The van der Waals surface area contributed by atoms with Gasteiger partial charge in [0.25, 0.3) is 0 Å². The van der Waals surface area contributed by atoms with E-state index < -0.39 is 6.04 Å². The molecule has 4 heteroatoms. The molecule has 24 heavy (non-hydrogen) atoms. The Morgan fingerprint density at radius 3 is 2.58 bits per heavy atom. The molecule has 0 spiro atoms. The fraction of sp³-hybridized carbons (Fsp3) is 0.400. The largest absolute Gasteiger partial charge is 0.335 e. The summed E-state index contributed by atoms with van der Waals surface area (Å²) in [4.78, 5) is 23.3. The summed E-state index contributed by atoms with van der Waals surface area (Å²) in [5.41, 5.74) is 1.01. The maximum atomic E-state index is 12.1. The number of fused-ring (bicyclic) bond motifs is 1. The van der Waals surface area contributed by atoms with Crippen molar-refractivity contribution in [2.24, 2.45) is 0 Å². The second-order valence-corrected chi connectivity index (χ2v) is 6.51. The molecule has 1 aliphatic rings. The van der Waals surface area contributed by atoms with Crippen LogP contribution in [0.2, 0.25) is 0 Å². The molecule has 1 atom stereocenters. The van der Waals surface area contributed by atoms with Crippen molar-refractivity contribution in [3.05, 3.63) is 48.0 Å². The van der Waals surface area contributed by atoms with Crippen molar-refractivity contribution in [1.29, 1.82) is 0 Å². The third-order valence-corrected chi connectivity index (χ3v) is 4.64. The molecule has 0 heterocycles. The van der Waals surface area contributed by atoms with Crippen molar-refractivity contribution in [2.75, 3.05) is 0 Å². The van der Waals surface area contributed by atoms with Gasteiger partial charge in [0.05, 0.1) is 0 Å². The summed E-state index contributed by atoms with van der Waals surface area (Å²) in [6.45, 7) is 0. The molecule has 2 amide bonds. The van der Waals surface area contributed by atoms with Crippen molar-refractivity contribution in [2.45, 2.75) is 50.6 Å². The molecule has 0 saturated heterocycles. The number of hydrogen-bond acceptors (Lipinski definition) is 2. The van der Waals surface area contributed by atoms with Gasteiger partial charge < -0.3 is 10.6 Å². The van der Waals surface area contributed by atoms with Crippen molar-refractivity contribution in [3.63, 3.8) is 0 Å². The Balaban J connectivity index is 1.58. The van der Waals surface area contributed by atoms with Crippen LogP contribution in [0, 0.1) is 0 Å². The molecule has 0 unspecified atom stereocenters. The Labute approximate surface area is 142 Å². The molecule has 1 radical (unpaired) electrons. The van der Waals surface area contributed by atoms with Gasteiger partial charge >= 0.3 is 6.03 Å². The summed E-state index contributed by atoms with van der Waals surface area (Å²) in [6, 6.07) is 13.5. The van der Waals surface area contributed by atoms with E-state index >= 15 is 0 Å². The molecule has 2 N–H and O–H groups in total. The van der Waals surface area contributed by atoms with Crippen molar-refractivity contribution in [3.8, 4) is 0 Å². The number of urea groups is 1. The summed E-state index contributed by atoms with van der Waals surface area (Å²) >= 11 is 0. The molecule has 1 saturated carbocycles. The zero-order chi connectivity index (χ0) is 16.8. The number of benzene rings is 2. The summed E-state index contributed by atoms with van der Waals surface area (Å²) in [7, 11) is 0. The first-order valence-electron chi connectivity index (χ1n) is 8.67. The van der Waals surface area contributed by atoms with Gasteiger partial charge in [0.15, 0.2) is 0 Å². The average molecular weight is 323 g/mol. The lowest BCUT2D eigenvalue weighted by Crippen LogP contribution is -2.48. The second kappa shape index (κ2) is 7.95. The average Bonchev–Trinajstić information content (AvgIpc) is 2.62. The van der Waals surface area contributed by atoms with Crippen LogP contribution in [0.3, 0.4) is 0 Å². The Hall–Kier alpha value is -2.36. The number of amides is 2. The maximum Gasteiger partial charge on any atom is 0.315 e. The van der Waals surface area contributed by atoms with Gasteiger partial charge in [-0.05, 0) is 29.2 Å². The standard InChI is InChI=1S/C20H23N2O2/c23-14-19(22-20(24)21-18-8-2-1-3-9-18)13-15-10-11-16-6-4-5-7-17(16)12-15/h4-7,10-12,18-19H,1-3,8-9,13H2,(H2,21,22,24)/t19-/m0/s1. The van der Waals surface area contributed by atoms with E-state index in [2.05, 4.69) is 22.8 Å². The zero-order valence-electron chi connectivity index (χ0n) is 13.8. The van der Waals surface area contributed by atoms with E-state index in [-0.39, 0.29) is 12.1 Å². The van der Waals surface area contributed by atoms with Gasteiger partial charge in [-0.2, -0.15) is 0 Å². The Morgan fingerprint density at radius 1 is 1.08 bits per heavy atom. The Kier molecular flexibility index (Phi) is 5.47. The fourth-order valence-corrected chi connectivity index (χ4v) is 3.36. The van der Waals surface area contributed by atoms with E-state index in [1.54, 1.807) is 0 Å². The Morgan fingerprint density at radius 2 is 1.83 bits per heavy atom. The molecular weight excluding hydrogens is 300 g/mol. The third kappa shape index (κ3) is 4.34. The summed E-state index contributed by atoms with van der Waals surface area (Å²) in [5, 5.41) is 8.00. The van der Waals surface area contributed by atoms with Crippen LogP contribution in [-0.4, -0.2) is 24.4 Å². The summed E-state index contributed by atoms with van der Waals surface area (Å²) in [5.74, 6) is 0. The summed E-state index contributed by atoms with van der Waals surface area (Å²) < 4.78 is 0. The highest BCUT2D eigenvalue weighted by atomic mass is 16.2. The van der Waals surface area contributed by atoms with Crippen LogP contribution < -0.4 is 10.6 Å². The highest BCUT2D eigenvalue weighted by molar-refractivity contribution is 5.83. The van der Waals surface area contributed by atoms with E-state index in [1.165, 1.54) is 6.42 Å². The minimum Gasteiger partial charge on any atom is -0.335 e. The molecule has 4 nitrogen and oxygen atoms in total. The zero-order valence-corrected chi connectivity index (χ0v) is 13.8. The Bertz CT molecular complexity index is 708.